The summed E-state index contributed by atoms with van der Waals surface area (Å²) in [6, 6.07) is 0. The predicted molar refractivity (Wildman–Crippen MR) is 52.9 cm³/mol. The van der Waals surface area contributed by atoms with Gasteiger partial charge in [0.2, 0.25) is 0 Å². The van der Waals surface area contributed by atoms with E-state index in [1.54, 1.807) is 6.92 Å². The number of aliphatic hydroxyl groups is 1. The Morgan fingerprint density at radius 3 is 2.71 bits per heavy atom. The van der Waals surface area contributed by atoms with Crippen LogP contribution in [0.2, 0.25) is 0 Å². The van der Waals surface area contributed by atoms with E-state index in [1.165, 1.54) is 0 Å². The van der Waals surface area contributed by atoms with Gasteiger partial charge in [-0.15, -0.1) is 0 Å². The standard InChI is InChI=1S/C10H19NO3/c1-3-4-5-14-9(12)6-11-7-10(2,13)8-11/h13H,3-8H2,1-2H3. The Kier molecular flexibility index (Phi) is 3.89. The molecule has 0 aliphatic carbocycles. The summed E-state index contributed by atoms with van der Waals surface area (Å²) >= 11 is 0. The lowest BCUT2D eigenvalue weighted by atomic mass is 9.97. The first-order valence-electron chi connectivity index (χ1n) is 5.14. The zero-order chi connectivity index (χ0) is 10.6. The molecule has 0 bridgehead atoms. The summed E-state index contributed by atoms with van der Waals surface area (Å²) < 4.78 is 4.99. The molecule has 0 aromatic heterocycles. The average molecular weight is 201 g/mol. The number of carbonyl (C=O) groups is 1. The first kappa shape index (κ1) is 11.5. The Morgan fingerprint density at radius 2 is 2.21 bits per heavy atom. The molecule has 0 spiro atoms. The quantitative estimate of drug-likeness (QED) is 0.516. The van der Waals surface area contributed by atoms with E-state index in [4.69, 9.17) is 4.74 Å². The largest absolute Gasteiger partial charge is 0.465 e. The van der Waals surface area contributed by atoms with E-state index < -0.39 is 5.60 Å². The van der Waals surface area contributed by atoms with E-state index in [9.17, 15) is 9.90 Å². The summed E-state index contributed by atoms with van der Waals surface area (Å²) in [4.78, 5) is 13.1. The Labute approximate surface area is 84.8 Å². The molecule has 0 saturated carbocycles. The van der Waals surface area contributed by atoms with Gasteiger partial charge in [0.25, 0.3) is 0 Å². The normalized spacial score (nSPS) is 20.2. The number of nitrogens with zero attached hydrogens (tertiary/aromatic N) is 1. The minimum absolute atomic E-state index is 0.186. The molecule has 0 aromatic carbocycles. The topological polar surface area (TPSA) is 49.8 Å². The van der Waals surface area contributed by atoms with E-state index in [0.29, 0.717) is 26.2 Å². The van der Waals surface area contributed by atoms with Crippen molar-refractivity contribution in [3.63, 3.8) is 0 Å². The van der Waals surface area contributed by atoms with Crippen molar-refractivity contribution in [2.45, 2.75) is 32.3 Å². The van der Waals surface area contributed by atoms with Gasteiger partial charge in [0.05, 0.1) is 18.8 Å². The van der Waals surface area contributed by atoms with E-state index in [2.05, 4.69) is 6.92 Å². The van der Waals surface area contributed by atoms with Crippen LogP contribution in [0.25, 0.3) is 0 Å². The highest BCUT2D eigenvalue weighted by Crippen LogP contribution is 2.18. The van der Waals surface area contributed by atoms with Crippen molar-refractivity contribution in [1.29, 1.82) is 0 Å². The molecule has 1 heterocycles. The highest BCUT2D eigenvalue weighted by Gasteiger charge is 2.37. The van der Waals surface area contributed by atoms with Gasteiger partial charge in [-0.3, -0.25) is 9.69 Å². The van der Waals surface area contributed by atoms with Crippen molar-refractivity contribution < 1.29 is 14.6 Å². The number of unbranched alkanes of at least 4 members (excludes halogenated alkanes) is 1. The molecule has 0 unspecified atom stereocenters. The van der Waals surface area contributed by atoms with E-state index >= 15 is 0 Å². The van der Waals surface area contributed by atoms with Crippen molar-refractivity contribution in [3.8, 4) is 0 Å². The maximum absolute atomic E-state index is 11.2. The number of hydrogen-bond donors (Lipinski definition) is 1. The molecule has 0 atom stereocenters. The number of likely N-dealkylation sites (tertiary alicyclic amines) is 1. The molecule has 0 amide bonds. The highest BCUT2D eigenvalue weighted by molar-refractivity contribution is 5.71. The number of hydrogen-bond acceptors (Lipinski definition) is 4. The molecule has 1 fully saturated rings. The Hall–Kier alpha value is -0.610. The molecule has 1 rings (SSSR count). The molecule has 82 valence electrons. The SMILES string of the molecule is CCCCOC(=O)CN1CC(C)(O)C1. The molecule has 1 saturated heterocycles. The number of rotatable bonds is 5. The van der Waals surface area contributed by atoms with Gasteiger partial charge in [0.15, 0.2) is 0 Å². The first-order valence-corrected chi connectivity index (χ1v) is 5.14. The molecule has 14 heavy (non-hydrogen) atoms. The minimum atomic E-state index is -0.607. The van der Waals surface area contributed by atoms with Crippen LogP contribution >= 0.6 is 0 Å². The van der Waals surface area contributed by atoms with Gasteiger partial charge in [-0.2, -0.15) is 0 Å². The number of esters is 1. The molecule has 0 radical (unpaired) electrons. The van der Waals surface area contributed by atoms with Crippen molar-refractivity contribution in [3.05, 3.63) is 0 Å². The van der Waals surface area contributed by atoms with Crippen LogP contribution in [0.3, 0.4) is 0 Å². The number of carbonyl (C=O) groups excluding carboxylic acids is 1. The van der Waals surface area contributed by atoms with Gasteiger partial charge in [-0.05, 0) is 13.3 Å². The lowest BCUT2D eigenvalue weighted by molar-refractivity contribution is -0.151. The van der Waals surface area contributed by atoms with E-state index in [-0.39, 0.29) is 5.97 Å². The molecule has 0 aromatic rings. The van der Waals surface area contributed by atoms with Gasteiger partial charge >= 0.3 is 5.97 Å². The maximum Gasteiger partial charge on any atom is 0.320 e. The fraction of sp³-hybridized carbons (Fsp3) is 0.900. The van der Waals surface area contributed by atoms with Crippen LogP contribution in [0.5, 0.6) is 0 Å². The number of β-amino-alcohol motifs (C(OH)–C–C–N with tert-alkyl or cyclic N) is 1. The second-order valence-corrected chi connectivity index (χ2v) is 4.22. The van der Waals surface area contributed by atoms with Crippen molar-refractivity contribution in [2.24, 2.45) is 0 Å². The lowest BCUT2D eigenvalue weighted by Gasteiger charge is -2.43. The van der Waals surface area contributed by atoms with Crippen LogP contribution in [0, 0.1) is 0 Å². The Morgan fingerprint density at radius 1 is 1.57 bits per heavy atom. The van der Waals surface area contributed by atoms with Gasteiger partial charge in [0.1, 0.15) is 0 Å². The van der Waals surface area contributed by atoms with Crippen molar-refractivity contribution in [2.75, 3.05) is 26.2 Å². The minimum Gasteiger partial charge on any atom is -0.465 e. The second-order valence-electron chi connectivity index (χ2n) is 4.22. The monoisotopic (exact) mass is 201 g/mol. The smallest absolute Gasteiger partial charge is 0.320 e. The van der Waals surface area contributed by atoms with Crippen LogP contribution in [-0.2, 0) is 9.53 Å². The maximum atomic E-state index is 11.2. The van der Waals surface area contributed by atoms with Gasteiger partial charge in [-0.1, -0.05) is 13.3 Å². The summed E-state index contributed by atoms with van der Waals surface area (Å²) in [5.74, 6) is -0.186. The van der Waals surface area contributed by atoms with Crippen LogP contribution in [0.4, 0.5) is 0 Å². The van der Waals surface area contributed by atoms with Crippen LogP contribution in [-0.4, -0.2) is 47.8 Å². The molecule has 1 aliphatic heterocycles. The first-order chi connectivity index (χ1) is 6.53. The molecule has 4 nitrogen and oxygen atoms in total. The fourth-order valence-electron chi connectivity index (χ4n) is 1.59. The summed E-state index contributed by atoms with van der Waals surface area (Å²) in [6.45, 7) is 5.78. The van der Waals surface area contributed by atoms with Crippen LogP contribution in [0.15, 0.2) is 0 Å². The molecule has 1 N–H and O–H groups in total. The van der Waals surface area contributed by atoms with Gasteiger partial charge in [0, 0.05) is 13.1 Å². The summed E-state index contributed by atoms with van der Waals surface area (Å²) in [5.41, 5.74) is -0.607. The third-order valence-corrected chi connectivity index (χ3v) is 2.24. The van der Waals surface area contributed by atoms with E-state index in [0.717, 1.165) is 12.8 Å². The van der Waals surface area contributed by atoms with Crippen molar-refractivity contribution >= 4 is 5.97 Å². The lowest BCUT2D eigenvalue weighted by Crippen LogP contribution is -2.60. The second kappa shape index (κ2) is 4.75. The van der Waals surface area contributed by atoms with Gasteiger partial charge < -0.3 is 9.84 Å². The molecular weight excluding hydrogens is 182 g/mol. The van der Waals surface area contributed by atoms with E-state index in [1.807, 2.05) is 4.90 Å². The molecule has 4 heteroatoms. The third-order valence-electron chi connectivity index (χ3n) is 2.24. The average Bonchev–Trinajstić information content (AvgIpc) is 2.01. The molecule has 1 aliphatic rings. The number of ether oxygens (including phenoxy) is 1. The third kappa shape index (κ3) is 3.64. The predicted octanol–water partition coefficient (Wildman–Crippen LogP) is 0.396. The highest BCUT2D eigenvalue weighted by atomic mass is 16.5. The zero-order valence-corrected chi connectivity index (χ0v) is 8.95. The Balaban J connectivity index is 2.05. The zero-order valence-electron chi connectivity index (χ0n) is 8.95. The van der Waals surface area contributed by atoms with Crippen LogP contribution < -0.4 is 0 Å². The fourth-order valence-corrected chi connectivity index (χ4v) is 1.59. The summed E-state index contributed by atoms with van der Waals surface area (Å²) in [6.07, 6.45) is 1.95. The van der Waals surface area contributed by atoms with Crippen molar-refractivity contribution in [1.82, 2.24) is 4.90 Å². The summed E-state index contributed by atoms with van der Waals surface area (Å²) in [7, 11) is 0. The molecular formula is C10H19NO3. The summed E-state index contributed by atoms with van der Waals surface area (Å²) in [5, 5.41) is 9.42. The van der Waals surface area contributed by atoms with Gasteiger partial charge in [-0.25, -0.2) is 0 Å². The van der Waals surface area contributed by atoms with Crippen LogP contribution in [0.1, 0.15) is 26.7 Å². The Bertz CT molecular complexity index is 196.